The van der Waals surface area contributed by atoms with Crippen LogP contribution in [0.5, 0.6) is 5.75 Å². The summed E-state index contributed by atoms with van der Waals surface area (Å²) in [4.78, 5) is 16.6. The van der Waals surface area contributed by atoms with Crippen LogP contribution in [0.3, 0.4) is 0 Å². The van der Waals surface area contributed by atoms with Crippen molar-refractivity contribution in [1.29, 1.82) is 0 Å². The highest BCUT2D eigenvalue weighted by molar-refractivity contribution is 7.98. The van der Waals surface area contributed by atoms with Gasteiger partial charge in [-0.05, 0) is 30.5 Å². The summed E-state index contributed by atoms with van der Waals surface area (Å²) >= 11 is 7.18. The van der Waals surface area contributed by atoms with Gasteiger partial charge in [0, 0.05) is 23.1 Å². The minimum absolute atomic E-state index is 0.0702. The van der Waals surface area contributed by atoms with E-state index < -0.39 is 17.5 Å². The normalized spacial score (nSPS) is 11.5. The summed E-state index contributed by atoms with van der Waals surface area (Å²) in [6, 6.07) is 5.45. The van der Waals surface area contributed by atoms with Crippen LogP contribution in [-0.2, 0) is 12.6 Å². The first kappa shape index (κ1) is 17.6. The van der Waals surface area contributed by atoms with Crippen molar-refractivity contribution in [2.24, 2.45) is 0 Å². The lowest BCUT2D eigenvalue weighted by atomic mass is 10.1. The second kappa shape index (κ2) is 6.80. The molecule has 0 aliphatic heterocycles. The van der Waals surface area contributed by atoms with Crippen LogP contribution in [0.4, 0.5) is 13.2 Å². The molecule has 1 aromatic heterocycles. The number of benzene rings is 1. The molecule has 0 saturated heterocycles. The molecule has 0 bridgehead atoms. The van der Waals surface area contributed by atoms with Gasteiger partial charge in [-0.2, -0.15) is 13.2 Å². The first-order valence-corrected chi connectivity index (χ1v) is 7.94. The second-order valence-electron chi connectivity index (χ2n) is 4.65. The Morgan fingerprint density at radius 3 is 2.61 bits per heavy atom. The third-order valence-corrected chi connectivity index (χ3v) is 4.08. The van der Waals surface area contributed by atoms with E-state index in [9.17, 15) is 23.1 Å². The molecule has 0 aliphatic rings. The minimum atomic E-state index is -4.58. The van der Waals surface area contributed by atoms with Crippen molar-refractivity contribution in [3.63, 3.8) is 0 Å². The number of halogens is 4. The molecule has 0 spiro atoms. The van der Waals surface area contributed by atoms with Crippen molar-refractivity contribution in [3.05, 3.63) is 52.3 Å². The molecule has 8 heteroatoms. The molecule has 0 atom stereocenters. The Hall–Kier alpha value is -1.73. The Morgan fingerprint density at radius 2 is 2.04 bits per heavy atom. The number of aromatic nitrogens is 1. The molecule has 2 aromatic rings. The molecule has 2 rings (SSSR count). The monoisotopic (exact) mass is 361 g/mol. The Balaban J connectivity index is 2.28. The number of alkyl halides is 3. The van der Waals surface area contributed by atoms with Gasteiger partial charge in [-0.1, -0.05) is 11.6 Å². The molecule has 0 fully saturated rings. The van der Waals surface area contributed by atoms with E-state index in [4.69, 9.17) is 11.6 Å². The summed E-state index contributed by atoms with van der Waals surface area (Å²) in [6.07, 6.45) is -2.38. The lowest BCUT2D eigenvalue weighted by molar-refractivity contribution is -0.137. The van der Waals surface area contributed by atoms with E-state index in [1.807, 2.05) is 6.26 Å². The number of phenols is 1. The molecule has 0 aliphatic carbocycles. The first-order chi connectivity index (χ1) is 10.7. The molecular weight excluding hydrogens is 351 g/mol. The highest BCUT2D eigenvalue weighted by atomic mass is 35.5. The molecule has 1 N–H and O–H groups in total. The number of phenolic OH excluding ortho intramolecular Hbond substituents is 1. The van der Waals surface area contributed by atoms with Gasteiger partial charge in [-0.25, -0.2) is 0 Å². The number of aromatic hydroxyl groups is 1. The molecule has 0 saturated carbocycles. The first-order valence-electron chi connectivity index (χ1n) is 6.34. The van der Waals surface area contributed by atoms with E-state index in [1.165, 1.54) is 17.8 Å². The third kappa shape index (κ3) is 4.17. The number of hydrogen-bond acceptors (Lipinski definition) is 4. The smallest absolute Gasteiger partial charge is 0.417 e. The van der Waals surface area contributed by atoms with Crippen LogP contribution in [0.15, 0.2) is 35.4 Å². The number of Topliss-reactive ketones (excluding diaryl/α,β-unsaturated/α-hetero) is 1. The van der Waals surface area contributed by atoms with Gasteiger partial charge in [0.25, 0.3) is 0 Å². The molecule has 1 aromatic carbocycles. The fraction of sp³-hybridized carbons (Fsp3) is 0.200. The number of carbonyl (C=O) groups is 1. The second-order valence-corrected chi connectivity index (χ2v) is 5.93. The average Bonchev–Trinajstić information content (AvgIpc) is 2.48. The van der Waals surface area contributed by atoms with Gasteiger partial charge in [-0.15, -0.1) is 11.8 Å². The van der Waals surface area contributed by atoms with Gasteiger partial charge in [0.15, 0.2) is 5.78 Å². The SMILES string of the molecule is CSc1ccc(O)c(CC(=O)c2ncc(C(F)(F)F)cc2Cl)c1. The van der Waals surface area contributed by atoms with E-state index in [-0.39, 0.29) is 22.9 Å². The molecule has 0 unspecified atom stereocenters. The van der Waals surface area contributed by atoms with Crippen LogP contribution < -0.4 is 0 Å². The van der Waals surface area contributed by atoms with Crippen molar-refractivity contribution >= 4 is 29.1 Å². The standard InChI is InChI=1S/C15H11ClF3NO2S/c1-23-10-2-3-12(21)8(4-10)5-13(22)14-11(16)6-9(7-20-14)15(17,18)19/h2-4,6-7,21H,5H2,1H3. The Labute approximate surface area is 139 Å². The molecule has 3 nitrogen and oxygen atoms in total. The maximum absolute atomic E-state index is 12.6. The average molecular weight is 362 g/mol. The third-order valence-electron chi connectivity index (χ3n) is 3.07. The number of carbonyl (C=O) groups excluding carboxylic acids is 1. The minimum Gasteiger partial charge on any atom is -0.508 e. The maximum atomic E-state index is 12.6. The summed E-state index contributed by atoms with van der Waals surface area (Å²) in [6.45, 7) is 0. The number of rotatable bonds is 4. The van der Waals surface area contributed by atoms with Crippen LogP contribution in [-0.4, -0.2) is 22.1 Å². The fourth-order valence-corrected chi connectivity index (χ4v) is 2.62. The largest absolute Gasteiger partial charge is 0.508 e. The lowest BCUT2D eigenvalue weighted by Gasteiger charge is -2.09. The predicted molar refractivity (Wildman–Crippen MR) is 82.2 cm³/mol. The van der Waals surface area contributed by atoms with Gasteiger partial charge in [0.2, 0.25) is 0 Å². The Morgan fingerprint density at radius 1 is 1.35 bits per heavy atom. The molecule has 0 radical (unpaired) electrons. The fourth-order valence-electron chi connectivity index (χ4n) is 1.89. The molecule has 23 heavy (non-hydrogen) atoms. The zero-order chi connectivity index (χ0) is 17.2. The van der Waals surface area contributed by atoms with Crippen molar-refractivity contribution in [2.75, 3.05) is 6.26 Å². The van der Waals surface area contributed by atoms with Crippen molar-refractivity contribution in [3.8, 4) is 5.75 Å². The zero-order valence-corrected chi connectivity index (χ0v) is 13.4. The summed E-state index contributed by atoms with van der Waals surface area (Å²) in [5.41, 5.74) is -0.917. The molecule has 122 valence electrons. The van der Waals surface area contributed by atoms with Gasteiger partial charge >= 0.3 is 6.18 Å². The number of nitrogens with zero attached hydrogens (tertiary/aromatic N) is 1. The van der Waals surface area contributed by atoms with Crippen molar-refractivity contribution in [1.82, 2.24) is 4.98 Å². The van der Waals surface area contributed by atoms with E-state index in [1.54, 1.807) is 12.1 Å². The topological polar surface area (TPSA) is 50.2 Å². The van der Waals surface area contributed by atoms with Crippen LogP contribution in [0.2, 0.25) is 5.02 Å². The zero-order valence-electron chi connectivity index (χ0n) is 11.8. The van der Waals surface area contributed by atoms with E-state index in [0.717, 1.165) is 4.90 Å². The highest BCUT2D eigenvalue weighted by Gasteiger charge is 2.32. The summed E-state index contributed by atoms with van der Waals surface area (Å²) in [5.74, 6) is -0.642. The van der Waals surface area contributed by atoms with Crippen molar-refractivity contribution < 1.29 is 23.1 Å². The Bertz CT molecular complexity index is 750. The highest BCUT2D eigenvalue weighted by Crippen LogP contribution is 2.32. The summed E-state index contributed by atoms with van der Waals surface area (Å²) in [7, 11) is 0. The number of thioether (sulfide) groups is 1. The lowest BCUT2D eigenvalue weighted by Crippen LogP contribution is -2.11. The number of ketones is 1. The van der Waals surface area contributed by atoms with Crippen molar-refractivity contribution in [2.45, 2.75) is 17.5 Å². The molecular formula is C15H11ClF3NO2S. The van der Waals surface area contributed by atoms with E-state index in [2.05, 4.69) is 4.98 Å². The predicted octanol–water partition coefficient (Wildman–Crippen LogP) is 4.61. The summed E-state index contributed by atoms with van der Waals surface area (Å²) < 4.78 is 37.7. The van der Waals surface area contributed by atoms with E-state index >= 15 is 0 Å². The maximum Gasteiger partial charge on any atom is 0.417 e. The summed E-state index contributed by atoms with van der Waals surface area (Å²) in [5, 5.41) is 9.41. The van der Waals surface area contributed by atoms with Crippen LogP contribution in [0, 0.1) is 0 Å². The van der Waals surface area contributed by atoms with E-state index in [0.29, 0.717) is 17.8 Å². The van der Waals surface area contributed by atoms with Crippen LogP contribution in [0.1, 0.15) is 21.6 Å². The molecule has 0 amide bonds. The van der Waals surface area contributed by atoms with Gasteiger partial charge in [0.05, 0.1) is 10.6 Å². The van der Waals surface area contributed by atoms with Gasteiger partial charge < -0.3 is 5.11 Å². The number of pyridine rings is 1. The molecule has 1 heterocycles. The number of hydrogen-bond donors (Lipinski definition) is 1. The van der Waals surface area contributed by atoms with Crippen LogP contribution in [0.25, 0.3) is 0 Å². The van der Waals surface area contributed by atoms with Gasteiger partial charge in [-0.3, -0.25) is 9.78 Å². The van der Waals surface area contributed by atoms with Crippen LogP contribution >= 0.6 is 23.4 Å². The van der Waals surface area contributed by atoms with Gasteiger partial charge in [0.1, 0.15) is 11.4 Å². The quantitative estimate of drug-likeness (QED) is 0.638. The Kier molecular flexibility index (Phi) is 5.21.